The molecular weight excluding hydrogens is 246 g/mol. The SMILES string of the molecule is Cc1cccc(C(=O)NCc2cccc(Cl)c2)c1. The minimum Gasteiger partial charge on any atom is -0.348 e. The van der Waals surface area contributed by atoms with Gasteiger partial charge in [0.2, 0.25) is 0 Å². The second-order valence-corrected chi connectivity index (χ2v) is 4.62. The molecule has 0 atom stereocenters. The summed E-state index contributed by atoms with van der Waals surface area (Å²) in [5.41, 5.74) is 2.74. The lowest BCUT2D eigenvalue weighted by atomic mass is 10.1. The summed E-state index contributed by atoms with van der Waals surface area (Å²) in [6, 6.07) is 15.0. The molecule has 3 heteroatoms. The molecule has 0 radical (unpaired) electrons. The maximum atomic E-state index is 11.9. The summed E-state index contributed by atoms with van der Waals surface area (Å²) in [5.74, 6) is -0.0707. The molecule has 18 heavy (non-hydrogen) atoms. The number of aryl methyl sites for hydroxylation is 1. The molecule has 0 fully saturated rings. The van der Waals surface area contributed by atoms with Gasteiger partial charge in [0.15, 0.2) is 0 Å². The van der Waals surface area contributed by atoms with E-state index in [1.165, 1.54) is 0 Å². The van der Waals surface area contributed by atoms with E-state index < -0.39 is 0 Å². The van der Waals surface area contributed by atoms with Gasteiger partial charge in [-0.3, -0.25) is 4.79 Å². The third-order valence-electron chi connectivity index (χ3n) is 2.62. The number of rotatable bonds is 3. The molecule has 0 aromatic heterocycles. The van der Waals surface area contributed by atoms with E-state index in [0.29, 0.717) is 17.1 Å². The number of amides is 1. The predicted octanol–water partition coefficient (Wildman–Crippen LogP) is 3.58. The second-order valence-electron chi connectivity index (χ2n) is 4.18. The first-order chi connectivity index (χ1) is 8.65. The van der Waals surface area contributed by atoms with Crippen LogP contribution < -0.4 is 5.32 Å². The van der Waals surface area contributed by atoms with Crippen molar-refractivity contribution in [3.63, 3.8) is 0 Å². The highest BCUT2D eigenvalue weighted by Crippen LogP contribution is 2.10. The van der Waals surface area contributed by atoms with Gasteiger partial charge >= 0.3 is 0 Å². The minimum atomic E-state index is -0.0707. The van der Waals surface area contributed by atoms with Gasteiger partial charge in [0.1, 0.15) is 0 Å². The molecule has 1 amide bonds. The van der Waals surface area contributed by atoms with E-state index in [1.807, 2.05) is 49.4 Å². The molecule has 0 spiro atoms. The van der Waals surface area contributed by atoms with Gasteiger partial charge in [-0.1, -0.05) is 41.4 Å². The number of carbonyl (C=O) groups is 1. The van der Waals surface area contributed by atoms with Gasteiger partial charge in [-0.25, -0.2) is 0 Å². The van der Waals surface area contributed by atoms with Crippen molar-refractivity contribution in [3.8, 4) is 0 Å². The molecular formula is C15H14ClNO. The molecule has 0 saturated carbocycles. The lowest BCUT2D eigenvalue weighted by molar-refractivity contribution is 0.0951. The van der Waals surface area contributed by atoms with Crippen LogP contribution in [0.15, 0.2) is 48.5 Å². The third-order valence-corrected chi connectivity index (χ3v) is 2.86. The summed E-state index contributed by atoms with van der Waals surface area (Å²) in [7, 11) is 0. The van der Waals surface area contributed by atoms with Crippen LogP contribution in [-0.4, -0.2) is 5.91 Å². The average Bonchev–Trinajstić information content (AvgIpc) is 2.36. The van der Waals surface area contributed by atoms with Crippen molar-refractivity contribution in [1.29, 1.82) is 0 Å². The highest BCUT2D eigenvalue weighted by atomic mass is 35.5. The normalized spacial score (nSPS) is 10.1. The van der Waals surface area contributed by atoms with E-state index in [0.717, 1.165) is 11.1 Å². The molecule has 0 aliphatic carbocycles. The molecule has 0 unspecified atom stereocenters. The van der Waals surface area contributed by atoms with Crippen molar-refractivity contribution in [3.05, 3.63) is 70.2 Å². The Morgan fingerprint density at radius 2 is 1.94 bits per heavy atom. The summed E-state index contributed by atoms with van der Waals surface area (Å²) in [5, 5.41) is 3.55. The van der Waals surface area contributed by atoms with E-state index in [9.17, 15) is 4.79 Å². The zero-order valence-corrected chi connectivity index (χ0v) is 10.9. The Kier molecular flexibility index (Phi) is 4.00. The van der Waals surface area contributed by atoms with Crippen molar-refractivity contribution in [2.75, 3.05) is 0 Å². The number of hydrogen-bond acceptors (Lipinski definition) is 1. The topological polar surface area (TPSA) is 29.1 Å². The van der Waals surface area contributed by atoms with Crippen molar-refractivity contribution < 1.29 is 4.79 Å². The van der Waals surface area contributed by atoms with Crippen LogP contribution in [0.4, 0.5) is 0 Å². The summed E-state index contributed by atoms with van der Waals surface area (Å²) >= 11 is 5.89. The van der Waals surface area contributed by atoms with Crippen LogP contribution in [0, 0.1) is 6.92 Å². The Labute approximate surface area is 112 Å². The zero-order chi connectivity index (χ0) is 13.0. The Balaban J connectivity index is 2.00. The van der Waals surface area contributed by atoms with E-state index >= 15 is 0 Å². The molecule has 0 heterocycles. The van der Waals surface area contributed by atoms with Crippen LogP contribution >= 0.6 is 11.6 Å². The Bertz CT molecular complexity index is 566. The molecule has 2 rings (SSSR count). The minimum absolute atomic E-state index is 0.0707. The highest BCUT2D eigenvalue weighted by Gasteiger charge is 2.04. The molecule has 0 saturated heterocycles. The number of halogens is 1. The fraction of sp³-hybridized carbons (Fsp3) is 0.133. The summed E-state index contributed by atoms with van der Waals surface area (Å²) in [4.78, 5) is 11.9. The van der Waals surface area contributed by atoms with Gasteiger partial charge < -0.3 is 5.32 Å². The first-order valence-corrected chi connectivity index (χ1v) is 6.12. The van der Waals surface area contributed by atoms with E-state index in [2.05, 4.69) is 5.32 Å². The van der Waals surface area contributed by atoms with Crippen LogP contribution in [0.1, 0.15) is 21.5 Å². The Hall–Kier alpha value is -1.80. The molecule has 0 aliphatic heterocycles. The van der Waals surface area contributed by atoms with Crippen LogP contribution in [0.5, 0.6) is 0 Å². The molecule has 2 nitrogen and oxygen atoms in total. The standard InChI is InChI=1S/C15H14ClNO/c1-11-4-2-6-13(8-11)15(18)17-10-12-5-3-7-14(16)9-12/h2-9H,10H2,1H3,(H,17,18). The van der Waals surface area contributed by atoms with Crippen LogP contribution in [0.2, 0.25) is 5.02 Å². The summed E-state index contributed by atoms with van der Waals surface area (Å²) in [6.07, 6.45) is 0. The average molecular weight is 260 g/mol. The molecule has 1 N–H and O–H groups in total. The monoisotopic (exact) mass is 259 g/mol. The molecule has 0 aliphatic rings. The highest BCUT2D eigenvalue weighted by molar-refractivity contribution is 6.30. The zero-order valence-electron chi connectivity index (χ0n) is 10.1. The van der Waals surface area contributed by atoms with Gasteiger partial charge in [-0.15, -0.1) is 0 Å². The van der Waals surface area contributed by atoms with Gasteiger partial charge in [0.05, 0.1) is 0 Å². The first-order valence-electron chi connectivity index (χ1n) is 5.74. The van der Waals surface area contributed by atoms with Crippen molar-refractivity contribution >= 4 is 17.5 Å². The number of carbonyl (C=O) groups excluding carboxylic acids is 1. The van der Waals surface area contributed by atoms with Gasteiger partial charge in [0, 0.05) is 17.1 Å². The quantitative estimate of drug-likeness (QED) is 0.897. The van der Waals surface area contributed by atoms with Crippen molar-refractivity contribution in [2.45, 2.75) is 13.5 Å². The lowest BCUT2D eigenvalue weighted by Crippen LogP contribution is -2.22. The van der Waals surface area contributed by atoms with E-state index in [-0.39, 0.29) is 5.91 Å². The van der Waals surface area contributed by atoms with Crippen LogP contribution in [-0.2, 0) is 6.54 Å². The molecule has 2 aromatic rings. The van der Waals surface area contributed by atoms with Crippen molar-refractivity contribution in [2.24, 2.45) is 0 Å². The largest absolute Gasteiger partial charge is 0.348 e. The Morgan fingerprint density at radius 3 is 2.67 bits per heavy atom. The number of benzene rings is 2. The fourth-order valence-electron chi connectivity index (χ4n) is 1.72. The second kappa shape index (κ2) is 5.69. The Morgan fingerprint density at radius 1 is 1.17 bits per heavy atom. The molecule has 2 aromatic carbocycles. The molecule has 92 valence electrons. The van der Waals surface area contributed by atoms with Gasteiger partial charge in [0.25, 0.3) is 5.91 Å². The van der Waals surface area contributed by atoms with Crippen LogP contribution in [0.3, 0.4) is 0 Å². The molecule has 0 bridgehead atoms. The number of nitrogens with one attached hydrogen (secondary N) is 1. The lowest BCUT2D eigenvalue weighted by Gasteiger charge is -2.06. The maximum absolute atomic E-state index is 11.9. The van der Waals surface area contributed by atoms with E-state index in [1.54, 1.807) is 6.07 Å². The van der Waals surface area contributed by atoms with Crippen molar-refractivity contribution in [1.82, 2.24) is 5.32 Å². The van der Waals surface area contributed by atoms with E-state index in [4.69, 9.17) is 11.6 Å². The fourth-order valence-corrected chi connectivity index (χ4v) is 1.93. The summed E-state index contributed by atoms with van der Waals surface area (Å²) in [6.45, 7) is 2.45. The third kappa shape index (κ3) is 3.34. The first kappa shape index (κ1) is 12.7. The van der Waals surface area contributed by atoms with Crippen LogP contribution in [0.25, 0.3) is 0 Å². The van der Waals surface area contributed by atoms with Gasteiger partial charge in [-0.2, -0.15) is 0 Å². The number of hydrogen-bond donors (Lipinski definition) is 1. The van der Waals surface area contributed by atoms with Gasteiger partial charge in [-0.05, 0) is 36.8 Å². The summed E-state index contributed by atoms with van der Waals surface area (Å²) < 4.78 is 0. The predicted molar refractivity (Wildman–Crippen MR) is 73.8 cm³/mol. The smallest absolute Gasteiger partial charge is 0.251 e. The maximum Gasteiger partial charge on any atom is 0.251 e.